The van der Waals surface area contributed by atoms with Crippen LogP contribution in [0.15, 0.2) is 0 Å². The Kier molecular flexibility index (Phi) is 4.29. The van der Waals surface area contributed by atoms with Gasteiger partial charge in [0.05, 0.1) is 0 Å². The Balaban J connectivity index is 1.99. The number of thiazole rings is 1. The highest BCUT2D eigenvalue weighted by molar-refractivity contribution is 7.18. The fraction of sp³-hybridized carbons (Fsp3) is 0.692. The molecule has 0 saturated heterocycles. The lowest BCUT2D eigenvalue weighted by atomic mass is 9.79. The minimum absolute atomic E-state index is 0.0942. The number of anilines is 2. The summed E-state index contributed by atoms with van der Waals surface area (Å²) >= 11 is 1.30. The molecule has 1 aliphatic rings. The number of carbonyl (C=O) groups excluding carboxylic acids is 1. The monoisotopic (exact) mass is 282 g/mol. The highest BCUT2D eigenvalue weighted by atomic mass is 32.1. The summed E-state index contributed by atoms with van der Waals surface area (Å²) in [6.07, 6.45) is 3.27. The second-order valence-electron chi connectivity index (χ2n) is 5.42. The van der Waals surface area contributed by atoms with Crippen molar-refractivity contribution < 1.29 is 4.79 Å². The van der Waals surface area contributed by atoms with Gasteiger partial charge in [-0.3, -0.25) is 4.79 Å². The Bertz CT molecular complexity index is 459. The maximum Gasteiger partial charge on any atom is 0.265 e. The lowest BCUT2D eigenvalue weighted by Crippen LogP contribution is -2.39. The van der Waals surface area contributed by atoms with Crippen molar-refractivity contribution >= 4 is 28.2 Å². The molecular weight excluding hydrogens is 260 g/mol. The third-order valence-electron chi connectivity index (χ3n) is 4.01. The maximum atomic E-state index is 12.2. The fourth-order valence-corrected chi connectivity index (χ4v) is 3.27. The summed E-state index contributed by atoms with van der Waals surface area (Å²) in [5, 5.41) is 6.67. The fourth-order valence-electron chi connectivity index (χ4n) is 2.53. The van der Waals surface area contributed by atoms with Gasteiger partial charge in [0.15, 0.2) is 5.13 Å². The number of nitrogens with two attached hydrogens (primary N) is 1. The summed E-state index contributed by atoms with van der Waals surface area (Å²) in [5.74, 6) is 1.62. The SMILES string of the molecule is CNc1nc(N)c(C(=O)NC2CCC(C)C(C)C2)s1. The summed E-state index contributed by atoms with van der Waals surface area (Å²) in [4.78, 5) is 16.8. The molecule has 1 heterocycles. The van der Waals surface area contributed by atoms with E-state index in [0.717, 1.165) is 18.8 Å². The number of amides is 1. The van der Waals surface area contributed by atoms with Crippen LogP contribution < -0.4 is 16.4 Å². The number of hydrogen-bond donors (Lipinski definition) is 3. The van der Waals surface area contributed by atoms with Crippen LogP contribution in [0.3, 0.4) is 0 Å². The minimum Gasteiger partial charge on any atom is -0.382 e. The molecule has 3 unspecified atom stereocenters. The van der Waals surface area contributed by atoms with Crippen LogP contribution in [0.1, 0.15) is 42.8 Å². The molecule has 0 bridgehead atoms. The van der Waals surface area contributed by atoms with E-state index in [1.165, 1.54) is 17.8 Å². The number of hydrogen-bond acceptors (Lipinski definition) is 5. The average molecular weight is 282 g/mol. The number of carbonyl (C=O) groups is 1. The first-order valence-corrected chi connectivity index (χ1v) is 7.57. The Morgan fingerprint density at radius 1 is 1.37 bits per heavy atom. The number of nitrogens with one attached hydrogen (secondary N) is 2. The average Bonchev–Trinajstić information content (AvgIpc) is 2.75. The molecule has 4 N–H and O–H groups in total. The number of rotatable bonds is 3. The van der Waals surface area contributed by atoms with Crippen LogP contribution >= 0.6 is 11.3 Å². The molecule has 1 aliphatic carbocycles. The Hall–Kier alpha value is -1.30. The van der Waals surface area contributed by atoms with Crippen molar-refractivity contribution in [1.29, 1.82) is 0 Å². The molecule has 0 spiro atoms. The Labute approximate surface area is 118 Å². The molecule has 6 heteroatoms. The zero-order valence-electron chi connectivity index (χ0n) is 11.7. The summed E-state index contributed by atoms with van der Waals surface area (Å²) in [6.45, 7) is 4.53. The molecular formula is C13H22N4OS. The van der Waals surface area contributed by atoms with E-state index >= 15 is 0 Å². The topological polar surface area (TPSA) is 80.0 Å². The van der Waals surface area contributed by atoms with Crippen LogP contribution in [0.5, 0.6) is 0 Å². The summed E-state index contributed by atoms with van der Waals surface area (Å²) in [7, 11) is 1.77. The van der Waals surface area contributed by atoms with Gasteiger partial charge in [-0.05, 0) is 31.1 Å². The van der Waals surface area contributed by atoms with Crippen molar-refractivity contribution in [3.8, 4) is 0 Å². The highest BCUT2D eigenvalue weighted by Gasteiger charge is 2.27. The summed E-state index contributed by atoms with van der Waals surface area (Å²) < 4.78 is 0. The van der Waals surface area contributed by atoms with Gasteiger partial charge in [0.1, 0.15) is 10.7 Å². The predicted octanol–water partition coefficient (Wildman–Crippen LogP) is 2.32. The van der Waals surface area contributed by atoms with Gasteiger partial charge in [-0.15, -0.1) is 0 Å². The summed E-state index contributed by atoms with van der Waals surface area (Å²) in [6, 6.07) is 0.262. The van der Waals surface area contributed by atoms with Gasteiger partial charge in [-0.2, -0.15) is 0 Å². The third kappa shape index (κ3) is 3.18. The zero-order chi connectivity index (χ0) is 14.0. The van der Waals surface area contributed by atoms with Crippen molar-refractivity contribution in [2.24, 2.45) is 11.8 Å². The molecule has 1 saturated carbocycles. The van der Waals surface area contributed by atoms with Gasteiger partial charge in [0, 0.05) is 13.1 Å². The van der Waals surface area contributed by atoms with E-state index in [1.54, 1.807) is 7.05 Å². The molecule has 1 aromatic rings. The van der Waals surface area contributed by atoms with Crippen molar-refractivity contribution in [3.63, 3.8) is 0 Å². The van der Waals surface area contributed by atoms with Crippen molar-refractivity contribution in [2.45, 2.75) is 39.2 Å². The van der Waals surface area contributed by atoms with E-state index in [2.05, 4.69) is 29.5 Å². The standard InChI is InChI=1S/C13H22N4OS/c1-7-4-5-9(6-8(7)2)16-12(18)10-11(14)17-13(15-3)19-10/h7-9H,4-6,14H2,1-3H3,(H,15,17)(H,16,18). The second kappa shape index (κ2) is 5.77. The van der Waals surface area contributed by atoms with E-state index < -0.39 is 0 Å². The van der Waals surface area contributed by atoms with E-state index in [-0.39, 0.29) is 11.9 Å². The minimum atomic E-state index is -0.0942. The molecule has 0 aliphatic heterocycles. The van der Waals surface area contributed by atoms with Crippen LogP contribution in [0, 0.1) is 11.8 Å². The number of aromatic nitrogens is 1. The van der Waals surface area contributed by atoms with Gasteiger partial charge in [-0.1, -0.05) is 25.2 Å². The lowest BCUT2D eigenvalue weighted by Gasteiger charge is -2.32. The van der Waals surface area contributed by atoms with Crippen LogP contribution in [-0.4, -0.2) is 24.0 Å². The first kappa shape index (κ1) is 14.1. The quantitative estimate of drug-likeness (QED) is 0.795. The van der Waals surface area contributed by atoms with E-state index in [9.17, 15) is 4.79 Å². The Morgan fingerprint density at radius 2 is 2.11 bits per heavy atom. The van der Waals surface area contributed by atoms with Gasteiger partial charge in [0.25, 0.3) is 5.91 Å². The van der Waals surface area contributed by atoms with Crippen molar-refractivity contribution in [3.05, 3.63) is 4.88 Å². The molecule has 5 nitrogen and oxygen atoms in total. The molecule has 106 valence electrons. The predicted molar refractivity (Wildman–Crippen MR) is 79.5 cm³/mol. The van der Waals surface area contributed by atoms with Crippen LogP contribution in [0.4, 0.5) is 10.9 Å². The zero-order valence-corrected chi connectivity index (χ0v) is 12.5. The van der Waals surface area contributed by atoms with Gasteiger partial charge in [-0.25, -0.2) is 4.98 Å². The van der Waals surface area contributed by atoms with Crippen LogP contribution in [0.2, 0.25) is 0 Å². The van der Waals surface area contributed by atoms with Crippen LogP contribution in [0.25, 0.3) is 0 Å². The molecule has 2 rings (SSSR count). The number of nitrogens with zero attached hydrogens (tertiary/aromatic N) is 1. The van der Waals surface area contributed by atoms with E-state index in [4.69, 9.17) is 5.73 Å². The third-order valence-corrected chi connectivity index (χ3v) is 5.09. The first-order chi connectivity index (χ1) is 9.01. The van der Waals surface area contributed by atoms with Gasteiger partial charge in [0.2, 0.25) is 0 Å². The summed E-state index contributed by atoms with van der Waals surface area (Å²) in [5.41, 5.74) is 5.77. The molecule has 19 heavy (non-hydrogen) atoms. The highest BCUT2D eigenvalue weighted by Crippen LogP contribution is 2.30. The number of nitrogen functional groups attached to an aromatic ring is 1. The molecule has 1 fully saturated rings. The van der Waals surface area contributed by atoms with Gasteiger partial charge >= 0.3 is 0 Å². The molecule has 1 aromatic heterocycles. The van der Waals surface area contributed by atoms with E-state index in [1.807, 2.05) is 0 Å². The molecule has 0 aromatic carbocycles. The molecule has 1 amide bonds. The normalized spacial score (nSPS) is 27.0. The second-order valence-corrected chi connectivity index (χ2v) is 6.42. The van der Waals surface area contributed by atoms with Crippen molar-refractivity contribution in [2.75, 3.05) is 18.1 Å². The maximum absolute atomic E-state index is 12.2. The largest absolute Gasteiger partial charge is 0.382 e. The molecule has 3 atom stereocenters. The first-order valence-electron chi connectivity index (χ1n) is 6.76. The van der Waals surface area contributed by atoms with Crippen LogP contribution in [-0.2, 0) is 0 Å². The smallest absolute Gasteiger partial charge is 0.265 e. The van der Waals surface area contributed by atoms with E-state index in [0.29, 0.717) is 21.7 Å². The lowest BCUT2D eigenvalue weighted by molar-refractivity contribution is 0.0915. The molecule has 0 radical (unpaired) electrons. The Morgan fingerprint density at radius 3 is 2.68 bits per heavy atom. The van der Waals surface area contributed by atoms with Gasteiger partial charge < -0.3 is 16.4 Å². The van der Waals surface area contributed by atoms with Crippen molar-refractivity contribution in [1.82, 2.24) is 10.3 Å².